The maximum absolute atomic E-state index is 14.3. The van der Waals surface area contributed by atoms with Gasteiger partial charge < -0.3 is 20.7 Å². The molecule has 3 unspecified atom stereocenters. The van der Waals surface area contributed by atoms with Gasteiger partial charge >= 0.3 is 11.9 Å². The summed E-state index contributed by atoms with van der Waals surface area (Å²) in [6.45, 7) is -0.394. The third-order valence-corrected chi connectivity index (χ3v) is 4.95. The zero-order valence-corrected chi connectivity index (χ0v) is 12.2. The zero-order valence-electron chi connectivity index (χ0n) is 12.2. The Balaban J connectivity index is 1.78. The Labute approximate surface area is 134 Å². The number of rotatable bonds is 5. The highest BCUT2D eigenvalue weighted by Crippen LogP contribution is 2.67. The Morgan fingerprint density at radius 1 is 1.29 bits per heavy atom. The lowest BCUT2D eigenvalue weighted by Crippen LogP contribution is -2.60. The number of carbonyl (C=O) groups is 2. The average Bonchev–Trinajstić information content (AvgIpc) is 2.96. The van der Waals surface area contributed by atoms with Crippen molar-refractivity contribution in [1.29, 1.82) is 0 Å². The van der Waals surface area contributed by atoms with Gasteiger partial charge in [0.15, 0.2) is 0 Å². The maximum Gasteiger partial charge on any atom is 0.342 e. The summed E-state index contributed by atoms with van der Waals surface area (Å²) < 4.78 is 46.1. The van der Waals surface area contributed by atoms with Gasteiger partial charge in [-0.3, -0.25) is 4.79 Å². The molecule has 0 saturated heterocycles. The van der Waals surface area contributed by atoms with Gasteiger partial charge in [0.25, 0.3) is 0 Å². The number of hydrogen-bond donors (Lipinski definition) is 3. The molecule has 130 valence electrons. The predicted octanol–water partition coefficient (Wildman–Crippen LogP) is 1.07. The molecule has 0 spiro atoms. The highest BCUT2D eigenvalue weighted by molar-refractivity contribution is 5.90. The van der Waals surface area contributed by atoms with Crippen LogP contribution in [0.4, 0.5) is 13.2 Å². The van der Waals surface area contributed by atoms with Crippen molar-refractivity contribution in [3.05, 3.63) is 35.4 Å². The Hall–Kier alpha value is -2.13. The van der Waals surface area contributed by atoms with Gasteiger partial charge in [-0.1, -0.05) is 6.07 Å². The van der Waals surface area contributed by atoms with Crippen LogP contribution in [0.25, 0.3) is 0 Å². The molecule has 2 saturated carbocycles. The summed E-state index contributed by atoms with van der Waals surface area (Å²) in [5.41, 5.74) is 0.856. The van der Waals surface area contributed by atoms with Crippen molar-refractivity contribution >= 4 is 11.9 Å². The number of fused-ring (bicyclic) bond motifs is 1. The van der Waals surface area contributed by atoms with E-state index in [1.54, 1.807) is 0 Å². The lowest BCUT2D eigenvalue weighted by atomic mass is 9.88. The highest BCUT2D eigenvalue weighted by atomic mass is 19.1. The van der Waals surface area contributed by atoms with Crippen LogP contribution in [0, 0.1) is 23.5 Å². The molecule has 2 aliphatic carbocycles. The van der Waals surface area contributed by atoms with Crippen LogP contribution in [0.2, 0.25) is 0 Å². The Kier molecular flexibility index (Phi) is 3.61. The average molecular weight is 345 g/mol. The number of ether oxygens (including phenoxy) is 1. The van der Waals surface area contributed by atoms with Crippen LogP contribution in [0.5, 0.6) is 0 Å². The smallest absolute Gasteiger partial charge is 0.342 e. The summed E-state index contributed by atoms with van der Waals surface area (Å²) in [6.07, 6.45) is -1.39. The normalized spacial score (nSPS) is 37.1. The standard InChI is InChI=1S/C15H14F3NO5/c16-7-2-1-6(9(17)3-7)5-24-10-4-8-11(14(8,18)12(20)21)15(10,19)13(22)23/h1-3,8,10-11H,4-5,19H2,(H,20,21)(H,22,23)/t8?,10?,11?,14-,15+/m1/s1. The molecule has 0 bridgehead atoms. The number of aliphatic carboxylic acids is 2. The van der Waals surface area contributed by atoms with E-state index in [4.69, 9.17) is 15.6 Å². The van der Waals surface area contributed by atoms with Gasteiger partial charge in [-0.2, -0.15) is 0 Å². The van der Waals surface area contributed by atoms with E-state index in [0.717, 1.165) is 12.1 Å². The first-order chi connectivity index (χ1) is 11.1. The van der Waals surface area contributed by atoms with Crippen molar-refractivity contribution in [2.45, 2.75) is 30.3 Å². The fraction of sp³-hybridized carbons (Fsp3) is 0.467. The topological polar surface area (TPSA) is 110 Å². The van der Waals surface area contributed by atoms with Gasteiger partial charge in [-0.05, 0) is 12.5 Å². The maximum atomic E-state index is 14.3. The number of benzene rings is 1. The van der Waals surface area contributed by atoms with Crippen molar-refractivity contribution in [2.24, 2.45) is 17.6 Å². The first-order valence-corrected chi connectivity index (χ1v) is 7.13. The zero-order chi connectivity index (χ0) is 17.9. The Morgan fingerprint density at radius 2 is 1.96 bits per heavy atom. The predicted molar refractivity (Wildman–Crippen MR) is 72.6 cm³/mol. The molecule has 6 nitrogen and oxygen atoms in total. The van der Waals surface area contributed by atoms with Crippen LogP contribution in [-0.2, 0) is 20.9 Å². The van der Waals surface area contributed by atoms with E-state index in [9.17, 15) is 27.9 Å². The third-order valence-electron chi connectivity index (χ3n) is 4.95. The van der Waals surface area contributed by atoms with Gasteiger partial charge in [0.2, 0.25) is 5.67 Å². The van der Waals surface area contributed by atoms with Crippen LogP contribution < -0.4 is 5.73 Å². The van der Waals surface area contributed by atoms with E-state index >= 15 is 0 Å². The molecule has 1 aromatic rings. The molecule has 24 heavy (non-hydrogen) atoms. The fourth-order valence-electron chi connectivity index (χ4n) is 3.64. The van der Waals surface area contributed by atoms with Gasteiger partial charge in [0, 0.05) is 23.5 Å². The summed E-state index contributed by atoms with van der Waals surface area (Å²) in [7, 11) is 0. The summed E-state index contributed by atoms with van der Waals surface area (Å²) in [5.74, 6) is -7.47. The lowest BCUT2D eigenvalue weighted by molar-refractivity contribution is -0.156. The summed E-state index contributed by atoms with van der Waals surface area (Å²) in [6, 6.07) is 2.79. The first-order valence-electron chi connectivity index (χ1n) is 7.13. The van der Waals surface area contributed by atoms with E-state index in [1.165, 1.54) is 0 Å². The molecule has 9 heteroatoms. The summed E-state index contributed by atoms with van der Waals surface area (Å²) in [5, 5.41) is 18.3. The van der Waals surface area contributed by atoms with Gasteiger partial charge in [-0.25, -0.2) is 18.0 Å². The van der Waals surface area contributed by atoms with Crippen LogP contribution in [0.15, 0.2) is 18.2 Å². The molecular weight excluding hydrogens is 331 g/mol. The van der Waals surface area contributed by atoms with E-state index < -0.39 is 59.3 Å². The molecule has 2 aliphatic rings. The van der Waals surface area contributed by atoms with Crippen LogP contribution in [0.3, 0.4) is 0 Å². The monoisotopic (exact) mass is 345 g/mol. The number of halogens is 3. The Morgan fingerprint density at radius 3 is 2.50 bits per heavy atom. The van der Waals surface area contributed by atoms with E-state index in [1.807, 2.05) is 0 Å². The summed E-state index contributed by atoms with van der Waals surface area (Å²) >= 11 is 0. The number of carboxylic acids is 2. The second-order valence-electron chi connectivity index (χ2n) is 6.17. The number of alkyl halides is 1. The van der Waals surface area contributed by atoms with Crippen LogP contribution in [-0.4, -0.2) is 39.5 Å². The summed E-state index contributed by atoms with van der Waals surface area (Å²) in [4.78, 5) is 22.5. The van der Waals surface area contributed by atoms with Crippen LogP contribution >= 0.6 is 0 Å². The van der Waals surface area contributed by atoms with Crippen molar-refractivity contribution in [1.82, 2.24) is 0 Å². The second kappa shape index (κ2) is 5.18. The Bertz CT molecular complexity index is 729. The molecule has 2 fully saturated rings. The molecule has 5 atom stereocenters. The molecular formula is C15H14F3NO5. The van der Waals surface area contributed by atoms with E-state index in [0.29, 0.717) is 6.07 Å². The minimum atomic E-state index is -2.69. The number of hydrogen-bond acceptors (Lipinski definition) is 4. The minimum Gasteiger partial charge on any atom is -0.480 e. The van der Waals surface area contributed by atoms with Crippen molar-refractivity contribution in [3.63, 3.8) is 0 Å². The molecule has 4 N–H and O–H groups in total. The molecule has 3 rings (SSSR count). The van der Waals surface area contributed by atoms with Gasteiger partial charge in [0.05, 0.1) is 12.7 Å². The van der Waals surface area contributed by atoms with Crippen LogP contribution in [0.1, 0.15) is 12.0 Å². The number of carboxylic acid groups (broad SMARTS) is 2. The van der Waals surface area contributed by atoms with E-state index in [-0.39, 0.29) is 12.0 Å². The van der Waals surface area contributed by atoms with E-state index in [2.05, 4.69) is 0 Å². The van der Waals surface area contributed by atoms with Gasteiger partial charge in [0.1, 0.15) is 17.2 Å². The number of nitrogens with two attached hydrogens (primary N) is 1. The fourth-order valence-corrected chi connectivity index (χ4v) is 3.64. The largest absolute Gasteiger partial charge is 0.480 e. The molecule has 0 heterocycles. The van der Waals surface area contributed by atoms with Crippen molar-refractivity contribution in [2.75, 3.05) is 0 Å². The first kappa shape index (κ1) is 16.7. The van der Waals surface area contributed by atoms with Crippen molar-refractivity contribution < 1.29 is 37.7 Å². The third kappa shape index (κ3) is 2.11. The molecule has 0 aromatic heterocycles. The highest BCUT2D eigenvalue weighted by Gasteiger charge is 2.85. The molecule has 0 aliphatic heterocycles. The minimum absolute atomic E-state index is 0.0190. The second-order valence-corrected chi connectivity index (χ2v) is 6.17. The lowest BCUT2D eigenvalue weighted by Gasteiger charge is -2.31. The van der Waals surface area contributed by atoms with Gasteiger partial charge in [-0.15, -0.1) is 0 Å². The quantitative estimate of drug-likeness (QED) is 0.736. The SMILES string of the molecule is N[C@@]1(C(=O)O)C(OCc2ccc(F)cc2F)CC2C1[C@@]2(F)C(=O)O. The molecule has 1 aromatic carbocycles. The molecule has 0 amide bonds. The molecule has 0 radical (unpaired) electrons. The van der Waals surface area contributed by atoms with Crippen molar-refractivity contribution in [3.8, 4) is 0 Å².